The highest BCUT2D eigenvalue weighted by molar-refractivity contribution is 5.79. The summed E-state index contributed by atoms with van der Waals surface area (Å²) >= 11 is 0. The van der Waals surface area contributed by atoms with E-state index in [9.17, 15) is 4.79 Å². The summed E-state index contributed by atoms with van der Waals surface area (Å²) in [6, 6.07) is -0.290. The first-order valence-electron chi connectivity index (χ1n) is 5.96. The minimum atomic E-state index is -0.504. The highest BCUT2D eigenvalue weighted by Gasteiger charge is 2.24. The second-order valence-corrected chi connectivity index (χ2v) is 4.87. The molecule has 0 aliphatic heterocycles. The van der Waals surface area contributed by atoms with E-state index >= 15 is 0 Å². The van der Waals surface area contributed by atoms with E-state index in [1.165, 1.54) is 0 Å². The van der Waals surface area contributed by atoms with E-state index in [0.717, 1.165) is 12.1 Å². The van der Waals surface area contributed by atoms with Crippen LogP contribution in [0, 0.1) is 0 Å². The van der Waals surface area contributed by atoms with Crippen molar-refractivity contribution in [3.05, 3.63) is 18.2 Å². The van der Waals surface area contributed by atoms with Crippen molar-refractivity contribution in [2.24, 2.45) is 5.73 Å². The molecule has 0 bridgehead atoms. The Balaban J connectivity index is 2.86. The van der Waals surface area contributed by atoms with Crippen LogP contribution >= 0.6 is 0 Å². The fourth-order valence-electron chi connectivity index (χ4n) is 1.63. The highest BCUT2D eigenvalue weighted by atomic mass is 16.2. The van der Waals surface area contributed by atoms with Crippen LogP contribution in [0.3, 0.4) is 0 Å². The maximum atomic E-state index is 11.9. The Morgan fingerprint density at radius 2 is 2.29 bits per heavy atom. The number of hydrogen-bond acceptors (Lipinski definition) is 3. The van der Waals surface area contributed by atoms with Crippen LogP contribution in [0.5, 0.6) is 0 Å². The third kappa shape index (κ3) is 3.30. The van der Waals surface area contributed by atoms with E-state index in [0.29, 0.717) is 6.54 Å². The van der Waals surface area contributed by atoms with Crippen molar-refractivity contribution in [3.63, 3.8) is 0 Å². The van der Waals surface area contributed by atoms with E-state index in [-0.39, 0.29) is 11.9 Å². The number of imidazole rings is 1. The predicted octanol–water partition coefficient (Wildman–Crippen LogP) is 1.16. The van der Waals surface area contributed by atoms with Crippen molar-refractivity contribution in [1.82, 2.24) is 14.9 Å². The summed E-state index contributed by atoms with van der Waals surface area (Å²) in [5, 5.41) is 2.87. The standard InChI is InChI=1S/C12H22N4O/c1-5-6-15-11(17)9(2)16-8-14-7-10(16)12(3,4)13/h7-9H,5-6,13H2,1-4H3,(H,15,17). The van der Waals surface area contributed by atoms with Crippen LogP contribution < -0.4 is 11.1 Å². The predicted molar refractivity (Wildman–Crippen MR) is 67.5 cm³/mol. The van der Waals surface area contributed by atoms with Gasteiger partial charge in [-0.3, -0.25) is 4.79 Å². The summed E-state index contributed by atoms with van der Waals surface area (Å²) in [5.74, 6) is -0.00431. The minimum absolute atomic E-state index is 0.00431. The maximum absolute atomic E-state index is 11.9. The Bertz CT molecular complexity index is 378. The lowest BCUT2D eigenvalue weighted by Gasteiger charge is -2.24. The zero-order valence-electron chi connectivity index (χ0n) is 11.0. The molecule has 1 unspecified atom stereocenters. The van der Waals surface area contributed by atoms with E-state index in [2.05, 4.69) is 10.3 Å². The molecule has 0 saturated heterocycles. The SMILES string of the molecule is CCCNC(=O)C(C)n1cncc1C(C)(C)N. The largest absolute Gasteiger partial charge is 0.354 e. The quantitative estimate of drug-likeness (QED) is 0.808. The van der Waals surface area contributed by atoms with Gasteiger partial charge in [-0.2, -0.15) is 0 Å². The molecule has 0 spiro atoms. The Labute approximate surface area is 102 Å². The summed E-state index contributed by atoms with van der Waals surface area (Å²) < 4.78 is 1.82. The van der Waals surface area contributed by atoms with E-state index < -0.39 is 5.54 Å². The van der Waals surface area contributed by atoms with Crippen molar-refractivity contribution >= 4 is 5.91 Å². The fraction of sp³-hybridized carbons (Fsp3) is 0.667. The highest BCUT2D eigenvalue weighted by Crippen LogP contribution is 2.20. The number of carbonyl (C=O) groups is 1. The molecule has 1 heterocycles. The van der Waals surface area contributed by atoms with E-state index in [1.54, 1.807) is 12.5 Å². The number of nitrogens with zero attached hydrogens (tertiary/aromatic N) is 2. The second-order valence-electron chi connectivity index (χ2n) is 4.87. The number of hydrogen-bond donors (Lipinski definition) is 2. The van der Waals surface area contributed by atoms with Gasteiger partial charge in [0.2, 0.25) is 5.91 Å². The van der Waals surface area contributed by atoms with Crippen LogP contribution in [-0.4, -0.2) is 22.0 Å². The molecule has 0 fully saturated rings. The molecule has 5 nitrogen and oxygen atoms in total. The summed E-state index contributed by atoms with van der Waals surface area (Å²) in [6.45, 7) is 8.37. The molecule has 0 aromatic carbocycles. The number of carbonyl (C=O) groups excluding carboxylic acids is 1. The van der Waals surface area contributed by atoms with Gasteiger partial charge in [-0.05, 0) is 27.2 Å². The average molecular weight is 238 g/mol. The third-order valence-corrected chi connectivity index (χ3v) is 2.67. The van der Waals surface area contributed by atoms with Crippen molar-refractivity contribution in [3.8, 4) is 0 Å². The molecule has 96 valence electrons. The average Bonchev–Trinajstić information content (AvgIpc) is 2.73. The van der Waals surface area contributed by atoms with E-state index in [4.69, 9.17) is 5.73 Å². The first kappa shape index (κ1) is 13.7. The van der Waals surface area contributed by atoms with Gasteiger partial charge in [0.05, 0.1) is 23.8 Å². The number of nitrogens with one attached hydrogen (secondary N) is 1. The smallest absolute Gasteiger partial charge is 0.242 e. The van der Waals surface area contributed by atoms with Crippen LogP contribution in [0.1, 0.15) is 45.9 Å². The molecular weight excluding hydrogens is 216 g/mol. The minimum Gasteiger partial charge on any atom is -0.354 e. The Kier molecular flexibility index (Phi) is 4.28. The first-order chi connectivity index (χ1) is 7.88. The van der Waals surface area contributed by atoms with Gasteiger partial charge in [0, 0.05) is 6.54 Å². The van der Waals surface area contributed by atoms with Gasteiger partial charge in [0.1, 0.15) is 6.04 Å². The van der Waals surface area contributed by atoms with Crippen LogP contribution in [0.2, 0.25) is 0 Å². The zero-order chi connectivity index (χ0) is 13.1. The van der Waals surface area contributed by atoms with Gasteiger partial charge < -0.3 is 15.6 Å². The zero-order valence-corrected chi connectivity index (χ0v) is 11.0. The number of amides is 1. The number of rotatable bonds is 5. The molecule has 0 radical (unpaired) electrons. The molecule has 1 aromatic heterocycles. The van der Waals surface area contributed by atoms with Crippen LogP contribution in [-0.2, 0) is 10.3 Å². The van der Waals surface area contributed by atoms with Gasteiger partial charge in [-0.25, -0.2) is 4.98 Å². The second kappa shape index (κ2) is 5.31. The molecule has 3 N–H and O–H groups in total. The normalized spacial score (nSPS) is 13.5. The molecule has 17 heavy (non-hydrogen) atoms. The molecule has 5 heteroatoms. The number of aromatic nitrogens is 2. The lowest BCUT2D eigenvalue weighted by atomic mass is 10.0. The van der Waals surface area contributed by atoms with Gasteiger partial charge in [-0.15, -0.1) is 0 Å². The van der Waals surface area contributed by atoms with E-state index in [1.807, 2.05) is 32.3 Å². The molecular formula is C12H22N4O. The topological polar surface area (TPSA) is 72.9 Å². The molecule has 0 aliphatic carbocycles. The van der Waals surface area contributed by atoms with Gasteiger partial charge in [-0.1, -0.05) is 6.92 Å². The Morgan fingerprint density at radius 3 is 2.82 bits per heavy atom. The Hall–Kier alpha value is -1.36. The third-order valence-electron chi connectivity index (χ3n) is 2.67. The summed E-state index contributed by atoms with van der Waals surface area (Å²) in [7, 11) is 0. The van der Waals surface area contributed by atoms with Gasteiger partial charge >= 0.3 is 0 Å². The first-order valence-corrected chi connectivity index (χ1v) is 5.96. The summed E-state index contributed by atoms with van der Waals surface area (Å²) in [4.78, 5) is 16.0. The van der Waals surface area contributed by atoms with Gasteiger partial charge in [0.25, 0.3) is 0 Å². The summed E-state index contributed by atoms with van der Waals surface area (Å²) in [5.41, 5.74) is 6.40. The monoisotopic (exact) mass is 238 g/mol. The number of nitrogens with two attached hydrogens (primary N) is 1. The molecule has 1 aromatic rings. The van der Waals surface area contributed by atoms with Crippen LogP contribution in [0.15, 0.2) is 12.5 Å². The summed E-state index contributed by atoms with van der Waals surface area (Å²) in [6.07, 6.45) is 4.29. The molecule has 0 saturated carbocycles. The molecule has 1 atom stereocenters. The lowest BCUT2D eigenvalue weighted by Crippen LogP contribution is -2.36. The van der Waals surface area contributed by atoms with Gasteiger partial charge in [0.15, 0.2) is 0 Å². The molecule has 1 rings (SSSR count). The van der Waals surface area contributed by atoms with Crippen LogP contribution in [0.4, 0.5) is 0 Å². The van der Waals surface area contributed by atoms with Crippen molar-refractivity contribution in [2.75, 3.05) is 6.54 Å². The molecule has 0 aliphatic rings. The van der Waals surface area contributed by atoms with Crippen molar-refractivity contribution in [1.29, 1.82) is 0 Å². The molecule has 1 amide bonds. The maximum Gasteiger partial charge on any atom is 0.242 e. The lowest BCUT2D eigenvalue weighted by molar-refractivity contribution is -0.123. The fourth-order valence-corrected chi connectivity index (χ4v) is 1.63. The Morgan fingerprint density at radius 1 is 1.65 bits per heavy atom. The van der Waals surface area contributed by atoms with Crippen molar-refractivity contribution in [2.45, 2.75) is 45.7 Å². The van der Waals surface area contributed by atoms with Crippen molar-refractivity contribution < 1.29 is 4.79 Å². The van der Waals surface area contributed by atoms with Crippen LogP contribution in [0.25, 0.3) is 0 Å².